The number of nitrogens with one attached hydrogen (secondary N) is 1. The molecule has 0 amide bonds. The lowest BCUT2D eigenvalue weighted by molar-refractivity contribution is 0.321. The highest BCUT2D eigenvalue weighted by Crippen LogP contribution is 2.22. The summed E-state index contributed by atoms with van der Waals surface area (Å²) in [5, 5.41) is 7.28. The van der Waals surface area contributed by atoms with Crippen molar-refractivity contribution in [2.24, 2.45) is 7.05 Å². The van der Waals surface area contributed by atoms with Crippen LogP contribution in [0, 0.1) is 0 Å². The number of hydrogen-bond acceptors (Lipinski definition) is 3. The molecule has 5 heteroatoms. The van der Waals surface area contributed by atoms with Gasteiger partial charge in [0, 0.05) is 30.7 Å². The van der Waals surface area contributed by atoms with Crippen LogP contribution < -0.4 is 10.1 Å². The molecule has 0 saturated carbocycles. The number of nitrogens with zero attached hydrogens (tertiary/aromatic N) is 2. The fourth-order valence-corrected chi connectivity index (χ4v) is 2.24. The summed E-state index contributed by atoms with van der Waals surface area (Å²) in [6.07, 6.45) is 4.75. The number of rotatable bonds is 6. The van der Waals surface area contributed by atoms with Crippen molar-refractivity contribution in [2.75, 3.05) is 13.7 Å². The third kappa shape index (κ3) is 4.08. The van der Waals surface area contributed by atoms with E-state index in [-0.39, 0.29) is 0 Å². The largest absolute Gasteiger partial charge is 0.493 e. The maximum absolute atomic E-state index is 5.78. The van der Waals surface area contributed by atoms with Crippen molar-refractivity contribution in [2.45, 2.75) is 13.0 Å². The van der Waals surface area contributed by atoms with E-state index in [9.17, 15) is 0 Å². The Bertz CT molecular complexity index is 539. The van der Waals surface area contributed by atoms with Crippen molar-refractivity contribution in [3.8, 4) is 5.75 Å². The lowest BCUT2D eigenvalue weighted by atomic mass is 10.2. The van der Waals surface area contributed by atoms with Gasteiger partial charge >= 0.3 is 0 Å². The zero-order valence-electron chi connectivity index (χ0n) is 11.2. The second kappa shape index (κ2) is 6.73. The van der Waals surface area contributed by atoms with Gasteiger partial charge in [-0.05, 0) is 36.4 Å². The molecular formula is C14H18BrN3O. The number of benzene rings is 1. The van der Waals surface area contributed by atoms with Crippen LogP contribution in [0.2, 0.25) is 0 Å². The van der Waals surface area contributed by atoms with Crippen LogP contribution in [-0.4, -0.2) is 23.4 Å². The number of halogens is 1. The van der Waals surface area contributed by atoms with Crippen LogP contribution in [0.5, 0.6) is 5.75 Å². The van der Waals surface area contributed by atoms with E-state index in [4.69, 9.17) is 4.74 Å². The molecule has 0 radical (unpaired) electrons. The Hall–Kier alpha value is -1.33. The third-order valence-corrected chi connectivity index (χ3v) is 3.58. The average Bonchev–Trinajstić information content (AvgIpc) is 2.79. The van der Waals surface area contributed by atoms with Crippen LogP contribution in [0.1, 0.15) is 11.1 Å². The third-order valence-electron chi connectivity index (χ3n) is 2.80. The van der Waals surface area contributed by atoms with Gasteiger partial charge in [-0.1, -0.05) is 15.9 Å². The van der Waals surface area contributed by atoms with Gasteiger partial charge < -0.3 is 10.1 Å². The van der Waals surface area contributed by atoms with Crippen LogP contribution in [0.25, 0.3) is 0 Å². The Morgan fingerprint density at radius 3 is 2.95 bits per heavy atom. The Labute approximate surface area is 121 Å². The Morgan fingerprint density at radius 1 is 1.42 bits per heavy atom. The molecule has 1 aromatic carbocycles. The fourth-order valence-electron chi connectivity index (χ4n) is 1.85. The molecule has 1 heterocycles. The van der Waals surface area contributed by atoms with Gasteiger partial charge in [0.1, 0.15) is 5.75 Å². The molecule has 0 aliphatic carbocycles. The molecule has 4 nitrogen and oxygen atoms in total. The van der Waals surface area contributed by atoms with E-state index >= 15 is 0 Å². The molecule has 2 rings (SSSR count). The van der Waals surface area contributed by atoms with Crippen molar-refractivity contribution < 1.29 is 4.74 Å². The van der Waals surface area contributed by atoms with Gasteiger partial charge in [0.2, 0.25) is 0 Å². The van der Waals surface area contributed by atoms with Crippen molar-refractivity contribution in [3.05, 3.63) is 46.2 Å². The van der Waals surface area contributed by atoms with Gasteiger partial charge in [0.05, 0.1) is 12.8 Å². The van der Waals surface area contributed by atoms with Crippen molar-refractivity contribution in [3.63, 3.8) is 0 Å². The van der Waals surface area contributed by atoms with Crippen LogP contribution >= 0.6 is 15.9 Å². The van der Waals surface area contributed by atoms with Gasteiger partial charge in [0.15, 0.2) is 0 Å². The normalized spacial score (nSPS) is 10.7. The summed E-state index contributed by atoms with van der Waals surface area (Å²) in [6.45, 7) is 1.48. The first-order valence-corrected chi connectivity index (χ1v) is 7.01. The first-order valence-electron chi connectivity index (χ1n) is 6.22. The topological polar surface area (TPSA) is 39.1 Å². The summed E-state index contributed by atoms with van der Waals surface area (Å²) < 4.78 is 8.68. The van der Waals surface area contributed by atoms with Gasteiger partial charge in [-0.25, -0.2) is 0 Å². The van der Waals surface area contributed by atoms with E-state index in [1.54, 1.807) is 4.68 Å². The molecule has 0 bridgehead atoms. The molecule has 2 aromatic rings. The maximum Gasteiger partial charge on any atom is 0.119 e. The molecule has 0 saturated heterocycles. The average molecular weight is 324 g/mol. The van der Waals surface area contributed by atoms with Crippen molar-refractivity contribution >= 4 is 15.9 Å². The second-order valence-corrected chi connectivity index (χ2v) is 5.26. The summed E-state index contributed by atoms with van der Waals surface area (Å²) >= 11 is 3.53. The molecule has 0 atom stereocenters. The summed E-state index contributed by atoms with van der Waals surface area (Å²) in [5.74, 6) is 0.900. The standard InChI is InChI=1S/C14H18BrN3O/c1-16-9-12-7-13(3-4-14(12)15)19-6-5-11-8-17-18(2)10-11/h3-4,7-8,10,16H,5-6,9H2,1-2H3. The molecular weight excluding hydrogens is 306 g/mol. The molecule has 19 heavy (non-hydrogen) atoms. The zero-order chi connectivity index (χ0) is 13.7. The van der Waals surface area contributed by atoms with Crippen molar-refractivity contribution in [1.29, 1.82) is 0 Å². The summed E-state index contributed by atoms with van der Waals surface area (Å²) in [5.41, 5.74) is 2.39. The zero-order valence-corrected chi connectivity index (χ0v) is 12.8. The monoisotopic (exact) mass is 323 g/mol. The maximum atomic E-state index is 5.78. The van der Waals surface area contributed by atoms with Crippen LogP contribution in [0.4, 0.5) is 0 Å². The van der Waals surface area contributed by atoms with E-state index in [0.29, 0.717) is 6.61 Å². The fraction of sp³-hybridized carbons (Fsp3) is 0.357. The molecule has 1 N–H and O–H groups in total. The highest BCUT2D eigenvalue weighted by Gasteiger charge is 2.02. The summed E-state index contributed by atoms with van der Waals surface area (Å²) in [7, 11) is 3.85. The van der Waals surface area contributed by atoms with Crippen LogP contribution in [-0.2, 0) is 20.0 Å². The molecule has 1 aromatic heterocycles. The van der Waals surface area contributed by atoms with E-state index in [0.717, 1.165) is 23.2 Å². The first-order chi connectivity index (χ1) is 9.19. The smallest absolute Gasteiger partial charge is 0.119 e. The van der Waals surface area contributed by atoms with Crippen LogP contribution in [0.3, 0.4) is 0 Å². The Morgan fingerprint density at radius 2 is 2.26 bits per heavy atom. The van der Waals surface area contributed by atoms with Gasteiger partial charge in [-0.3, -0.25) is 4.68 Å². The van der Waals surface area contributed by atoms with Gasteiger partial charge in [-0.15, -0.1) is 0 Å². The predicted octanol–water partition coefficient (Wildman–Crippen LogP) is 2.52. The van der Waals surface area contributed by atoms with E-state index in [1.165, 1.54) is 11.1 Å². The number of aromatic nitrogens is 2. The molecule has 0 aliphatic rings. The minimum Gasteiger partial charge on any atom is -0.493 e. The SMILES string of the molecule is CNCc1cc(OCCc2cnn(C)c2)ccc1Br. The summed E-state index contributed by atoms with van der Waals surface area (Å²) in [6, 6.07) is 6.06. The Balaban J connectivity index is 1.90. The highest BCUT2D eigenvalue weighted by atomic mass is 79.9. The highest BCUT2D eigenvalue weighted by molar-refractivity contribution is 9.10. The minimum absolute atomic E-state index is 0.659. The molecule has 0 spiro atoms. The Kier molecular flexibility index (Phi) is 4.99. The first kappa shape index (κ1) is 14.1. The van der Waals surface area contributed by atoms with Crippen molar-refractivity contribution in [1.82, 2.24) is 15.1 Å². The molecule has 0 fully saturated rings. The van der Waals surface area contributed by atoms with Gasteiger partial charge in [0.25, 0.3) is 0 Å². The molecule has 0 unspecified atom stereocenters. The van der Waals surface area contributed by atoms with E-state index in [1.807, 2.05) is 38.6 Å². The summed E-state index contributed by atoms with van der Waals surface area (Å²) in [4.78, 5) is 0. The van der Waals surface area contributed by atoms with Gasteiger partial charge in [-0.2, -0.15) is 5.10 Å². The van der Waals surface area contributed by atoms with E-state index < -0.39 is 0 Å². The quantitative estimate of drug-likeness (QED) is 0.887. The molecule has 102 valence electrons. The van der Waals surface area contributed by atoms with Crippen LogP contribution in [0.15, 0.2) is 35.1 Å². The number of aryl methyl sites for hydroxylation is 1. The second-order valence-electron chi connectivity index (χ2n) is 4.40. The number of ether oxygens (including phenoxy) is 1. The minimum atomic E-state index is 0.659. The predicted molar refractivity (Wildman–Crippen MR) is 79.3 cm³/mol. The number of hydrogen-bond donors (Lipinski definition) is 1. The molecule has 0 aliphatic heterocycles. The lowest BCUT2D eigenvalue weighted by Crippen LogP contribution is -2.06. The van der Waals surface area contributed by atoms with E-state index in [2.05, 4.69) is 32.4 Å². The lowest BCUT2D eigenvalue weighted by Gasteiger charge is -2.09.